The van der Waals surface area contributed by atoms with Gasteiger partial charge in [-0.3, -0.25) is 4.31 Å². The third-order valence-corrected chi connectivity index (χ3v) is 10.5. The Hall–Kier alpha value is -2.09. The number of hydrogen-bond donors (Lipinski definition) is 1. The van der Waals surface area contributed by atoms with Gasteiger partial charge in [0.15, 0.2) is 0 Å². The third kappa shape index (κ3) is 4.66. The highest BCUT2D eigenvalue weighted by atomic mass is 32.2. The largest absolute Gasteiger partial charge is 0.493 e. The van der Waals surface area contributed by atoms with Crippen molar-refractivity contribution in [2.75, 3.05) is 24.1 Å². The molecule has 4 aliphatic rings. The van der Waals surface area contributed by atoms with Gasteiger partial charge in [-0.05, 0) is 105 Å². The second-order valence-electron chi connectivity index (χ2n) is 11.1. The summed E-state index contributed by atoms with van der Waals surface area (Å²) in [5.74, 6) is 2.04. The molecule has 0 aromatic heterocycles. The van der Waals surface area contributed by atoms with Crippen molar-refractivity contribution in [2.24, 2.45) is 11.8 Å². The van der Waals surface area contributed by atoms with Crippen molar-refractivity contribution < 1.29 is 23.0 Å². The number of aliphatic hydroxyl groups is 1. The molecule has 3 fully saturated rings. The van der Waals surface area contributed by atoms with Gasteiger partial charge in [0, 0.05) is 24.8 Å². The molecule has 7 heteroatoms. The fourth-order valence-corrected chi connectivity index (χ4v) is 7.88. The molecule has 2 aliphatic carbocycles. The van der Waals surface area contributed by atoms with Gasteiger partial charge in [-0.1, -0.05) is 18.6 Å². The van der Waals surface area contributed by atoms with E-state index in [0.717, 1.165) is 63.0 Å². The standard InChI is InChI=1S/C29H37NO5S/c31-18-25-17-26(8-11-29(25)35-19-20-12-14-34-15-13-20)36(32,33)30-27(22-4-5-22)10-7-24-16-23(6-9-28(24)30)21-2-1-3-21/h6,8-9,11,16-17,20-22,27,31H,1-5,7,10,12-15,18-19H2/t27-/m0/s1. The second-order valence-corrected chi connectivity index (χ2v) is 12.9. The van der Waals surface area contributed by atoms with E-state index in [9.17, 15) is 13.5 Å². The number of aryl methyl sites for hydroxylation is 1. The summed E-state index contributed by atoms with van der Waals surface area (Å²) in [7, 11) is -3.79. The van der Waals surface area contributed by atoms with E-state index in [1.54, 1.807) is 22.5 Å². The number of benzene rings is 2. The molecule has 0 radical (unpaired) electrons. The van der Waals surface area contributed by atoms with Gasteiger partial charge in [-0.15, -0.1) is 0 Å². The molecule has 0 amide bonds. The van der Waals surface area contributed by atoms with Crippen LogP contribution in [0.5, 0.6) is 5.75 Å². The number of aliphatic hydroxyl groups excluding tert-OH is 1. The number of hydrogen-bond acceptors (Lipinski definition) is 5. The van der Waals surface area contributed by atoms with Crippen LogP contribution in [0.4, 0.5) is 5.69 Å². The lowest BCUT2D eigenvalue weighted by atomic mass is 9.79. The average molecular weight is 512 g/mol. The topological polar surface area (TPSA) is 76.1 Å². The van der Waals surface area contributed by atoms with Crippen molar-refractivity contribution >= 4 is 15.7 Å². The van der Waals surface area contributed by atoms with Crippen molar-refractivity contribution in [1.29, 1.82) is 0 Å². The Bertz CT molecular complexity index is 1200. The van der Waals surface area contributed by atoms with Crippen LogP contribution in [0.2, 0.25) is 0 Å². The highest BCUT2D eigenvalue weighted by molar-refractivity contribution is 7.92. The monoisotopic (exact) mass is 511 g/mol. The van der Waals surface area contributed by atoms with Gasteiger partial charge < -0.3 is 14.6 Å². The Morgan fingerprint density at radius 1 is 0.972 bits per heavy atom. The highest BCUT2D eigenvalue weighted by Gasteiger charge is 2.44. The molecule has 36 heavy (non-hydrogen) atoms. The zero-order chi connectivity index (χ0) is 24.7. The first-order valence-electron chi connectivity index (χ1n) is 13.7. The lowest BCUT2D eigenvalue weighted by molar-refractivity contribution is 0.0494. The van der Waals surface area contributed by atoms with Crippen LogP contribution in [0.1, 0.15) is 74.0 Å². The molecule has 2 saturated carbocycles. The molecule has 2 aromatic carbocycles. The molecule has 1 atom stereocenters. The highest BCUT2D eigenvalue weighted by Crippen LogP contribution is 2.47. The SMILES string of the molecule is O=S(=O)(c1ccc(OCC2CCOCC2)c(CO)c1)N1c2ccc(C3CCC3)cc2CC[C@H]1C1CC1. The van der Waals surface area contributed by atoms with Crippen molar-refractivity contribution in [1.82, 2.24) is 0 Å². The van der Waals surface area contributed by atoms with Crippen LogP contribution in [0.15, 0.2) is 41.3 Å². The number of ether oxygens (including phenoxy) is 2. The lowest BCUT2D eigenvalue weighted by Gasteiger charge is -2.39. The predicted molar refractivity (Wildman–Crippen MR) is 139 cm³/mol. The number of anilines is 1. The molecule has 194 valence electrons. The van der Waals surface area contributed by atoms with Crippen molar-refractivity contribution in [2.45, 2.75) is 81.2 Å². The Morgan fingerprint density at radius 3 is 2.47 bits per heavy atom. The van der Waals surface area contributed by atoms with Crippen LogP contribution in [0, 0.1) is 11.8 Å². The molecule has 2 aromatic rings. The third-order valence-electron chi connectivity index (χ3n) is 8.67. The fourth-order valence-electron chi connectivity index (χ4n) is 6.05. The summed E-state index contributed by atoms with van der Waals surface area (Å²) in [4.78, 5) is 0.228. The van der Waals surface area contributed by atoms with Gasteiger partial charge in [0.1, 0.15) is 5.75 Å². The molecule has 0 bridgehead atoms. The molecular formula is C29H37NO5S. The fraction of sp³-hybridized carbons (Fsp3) is 0.586. The van der Waals surface area contributed by atoms with E-state index in [0.29, 0.717) is 35.7 Å². The van der Waals surface area contributed by atoms with Crippen molar-refractivity contribution in [3.63, 3.8) is 0 Å². The molecule has 0 spiro atoms. The van der Waals surface area contributed by atoms with Crippen molar-refractivity contribution in [3.8, 4) is 5.75 Å². The Labute approximate surface area is 214 Å². The molecular weight excluding hydrogens is 474 g/mol. The van der Waals surface area contributed by atoms with Crippen LogP contribution < -0.4 is 9.04 Å². The molecule has 2 heterocycles. The van der Waals surface area contributed by atoms with Crippen LogP contribution in [-0.4, -0.2) is 39.4 Å². The molecule has 0 unspecified atom stereocenters. The maximum absolute atomic E-state index is 14.2. The van der Waals surface area contributed by atoms with Crippen LogP contribution in [0.3, 0.4) is 0 Å². The predicted octanol–water partition coefficient (Wildman–Crippen LogP) is 5.17. The van der Waals surface area contributed by atoms with Crippen LogP contribution >= 0.6 is 0 Å². The number of nitrogens with zero attached hydrogens (tertiary/aromatic N) is 1. The first-order valence-corrected chi connectivity index (χ1v) is 15.1. The lowest BCUT2D eigenvalue weighted by Crippen LogP contribution is -2.45. The summed E-state index contributed by atoms with van der Waals surface area (Å²) in [5, 5.41) is 10.1. The van der Waals surface area contributed by atoms with E-state index in [4.69, 9.17) is 9.47 Å². The first-order chi connectivity index (χ1) is 17.5. The molecule has 1 N–H and O–H groups in total. The Balaban J connectivity index is 1.29. The maximum atomic E-state index is 14.2. The van der Waals surface area contributed by atoms with Gasteiger partial charge in [0.25, 0.3) is 10.0 Å². The summed E-state index contributed by atoms with van der Waals surface area (Å²) in [6.45, 7) is 1.79. The molecule has 1 saturated heterocycles. The van der Waals surface area contributed by atoms with Crippen molar-refractivity contribution in [3.05, 3.63) is 53.1 Å². The zero-order valence-electron chi connectivity index (χ0n) is 20.9. The van der Waals surface area contributed by atoms with E-state index in [1.165, 1.54) is 24.8 Å². The van der Waals surface area contributed by atoms with E-state index in [2.05, 4.69) is 12.1 Å². The first kappa shape index (κ1) is 24.3. The van der Waals surface area contributed by atoms with Gasteiger partial charge in [-0.2, -0.15) is 0 Å². The summed E-state index contributed by atoms with van der Waals surface area (Å²) < 4.78 is 41.5. The number of rotatable bonds is 8. The van der Waals surface area contributed by atoms with Crippen LogP contribution in [0.25, 0.3) is 0 Å². The summed E-state index contributed by atoms with van der Waals surface area (Å²) in [5.41, 5.74) is 3.87. The summed E-state index contributed by atoms with van der Waals surface area (Å²) in [6, 6.07) is 11.4. The van der Waals surface area contributed by atoms with Gasteiger partial charge in [0.05, 0.1) is 23.8 Å². The van der Waals surface area contributed by atoms with Gasteiger partial charge >= 0.3 is 0 Å². The molecule has 6 rings (SSSR count). The minimum absolute atomic E-state index is 0.000855. The van der Waals surface area contributed by atoms with E-state index in [-0.39, 0.29) is 17.5 Å². The molecule has 2 aliphatic heterocycles. The number of sulfonamides is 1. The summed E-state index contributed by atoms with van der Waals surface area (Å²) >= 11 is 0. The smallest absolute Gasteiger partial charge is 0.264 e. The normalized spacial score (nSPS) is 23.2. The summed E-state index contributed by atoms with van der Waals surface area (Å²) in [6.07, 6.45) is 9.65. The molecule has 6 nitrogen and oxygen atoms in total. The van der Waals surface area contributed by atoms with Gasteiger partial charge in [0.2, 0.25) is 0 Å². The second kappa shape index (κ2) is 9.99. The minimum Gasteiger partial charge on any atom is -0.493 e. The van der Waals surface area contributed by atoms with E-state index < -0.39 is 10.0 Å². The average Bonchev–Trinajstić information content (AvgIpc) is 3.71. The van der Waals surface area contributed by atoms with E-state index in [1.807, 2.05) is 6.07 Å². The van der Waals surface area contributed by atoms with Crippen LogP contribution in [-0.2, 0) is 27.8 Å². The quantitative estimate of drug-likeness (QED) is 0.529. The maximum Gasteiger partial charge on any atom is 0.264 e. The zero-order valence-corrected chi connectivity index (χ0v) is 21.7. The number of fused-ring (bicyclic) bond motifs is 1. The van der Waals surface area contributed by atoms with Gasteiger partial charge in [-0.25, -0.2) is 8.42 Å². The van der Waals surface area contributed by atoms with E-state index >= 15 is 0 Å². The Kier molecular flexibility index (Phi) is 6.73. The Morgan fingerprint density at radius 2 is 1.78 bits per heavy atom. The minimum atomic E-state index is -3.79.